The van der Waals surface area contributed by atoms with E-state index in [-0.39, 0.29) is 12.1 Å². The maximum absolute atomic E-state index is 12.2. The zero-order chi connectivity index (χ0) is 15.1. The van der Waals surface area contributed by atoms with Crippen LogP contribution in [0.3, 0.4) is 0 Å². The quantitative estimate of drug-likeness (QED) is 0.823. The van der Waals surface area contributed by atoms with Crippen LogP contribution in [0, 0.1) is 6.92 Å². The first kappa shape index (κ1) is 15.1. The number of hydrogen-bond acceptors (Lipinski definition) is 1. The average Bonchev–Trinajstić information content (AvgIpc) is 2.47. The van der Waals surface area contributed by atoms with E-state index in [4.69, 9.17) is 0 Å². The van der Waals surface area contributed by atoms with Crippen LogP contribution >= 0.6 is 0 Å². The summed E-state index contributed by atoms with van der Waals surface area (Å²) in [7, 11) is 0. The van der Waals surface area contributed by atoms with Crippen molar-refractivity contribution in [3.05, 3.63) is 65.7 Å². The van der Waals surface area contributed by atoms with Crippen LogP contribution < -0.4 is 10.6 Å². The molecule has 0 aliphatic rings. The molecule has 2 N–H and O–H groups in total. The van der Waals surface area contributed by atoms with Crippen LogP contribution in [0.2, 0.25) is 0 Å². The lowest BCUT2D eigenvalue weighted by molar-refractivity contribution is 0.248. The summed E-state index contributed by atoms with van der Waals surface area (Å²) in [5, 5.41) is 5.94. The standard InChI is InChI=1S/C18H22N2O/c1-3-8-17(15-10-5-4-6-11-15)20-18(21)19-16-12-7-9-14(2)13-16/h4-7,9-13,17H,3,8H2,1-2H3,(H2,19,20,21). The second-order valence-electron chi connectivity index (χ2n) is 5.22. The fraction of sp³-hybridized carbons (Fsp3) is 0.278. The molecule has 0 heterocycles. The molecule has 0 saturated carbocycles. The van der Waals surface area contributed by atoms with Crippen molar-refractivity contribution >= 4 is 11.7 Å². The number of hydrogen-bond donors (Lipinski definition) is 2. The van der Waals surface area contributed by atoms with Crippen LogP contribution in [-0.4, -0.2) is 6.03 Å². The van der Waals surface area contributed by atoms with E-state index in [9.17, 15) is 4.79 Å². The highest BCUT2D eigenvalue weighted by Crippen LogP contribution is 2.18. The third-order valence-electron chi connectivity index (χ3n) is 3.36. The van der Waals surface area contributed by atoms with Crippen LogP contribution in [-0.2, 0) is 0 Å². The third kappa shape index (κ3) is 4.63. The van der Waals surface area contributed by atoms with Gasteiger partial charge in [-0.2, -0.15) is 0 Å². The minimum absolute atomic E-state index is 0.0426. The molecule has 21 heavy (non-hydrogen) atoms. The number of benzene rings is 2. The Labute approximate surface area is 126 Å². The van der Waals surface area contributed by atoms with Crippen molar-refractivity contribution in [3.8, 4) is 0 Å². The number of amides is 2. The van der Waals surface area contributed by atoms with Crippen molar-refractivity contribution in [2.75, 3.05) is 5.32 Å². The Bertz CT molecular complexity index is 581. The second-order valence-corrected chi connectivity index (χ2v) is 5.22. The Morgan fingerprint density at radius 3 is 2.52 bits per heavy atom. The Hall–Kier alpha value is -2.29. The van der Waals surface area contributed by atoms with Gasteiger partial charge in [-0.05, 0) is 36.6 Å². The molecular weight excluding hydrogens is 260 g/mol. The summed E-state index contributed by atoms with van der Waals surface area (Å²) in [4.78, 5) is 12.2. The van der Waals surface area contributed by atoms with E-state index >= 15 is 0 Å². The molecule has 2 rings (SSSR count). The first-order valence-corrected chi connectivity index (χ1v) is 7.38. The summed E-state index contributed by atoms with van der Waals surface area (Å²) in [6.07, 6.45) is 1.94. The molecule has 0 aliphatic carbocycles. The monoisotopic (exact) mass is 282 g/mol. The molecular formula is C18H22N2O. The molecule has 0 fully saturated rings. The Morgan fingerprint density at radius 1 is 1.10 bits per heavy atom. The van der Waals surface area contributed by atoms with Crippen LogP contribution in [0.4, 0.5) is 10.5 Å². The number of urea groups is 1. The van der Waals surface area contributed by atoms with Crippen molar-refractivity contribution < 1.29 is 4.79 Å². The molecule has 0 bridgehead atoms. The van der Waals surface area contributed by atoms with Gasteiger partial charge >= 0.3 is 6.03 Å². The molecule has 1 unspecified atom stereocenters. The van der Waals surface area contributed by atoms with Crippen molar-refractivity contribution in [3.63, 3.8) is 0 Å². The minimum Gasteiger partial charge on any atom is -0.331 e. The van der Waals surface area contributed by atoms with Gasteiger partial charge in [-0.1, -0.05) is 55.8 Å². The van der Waals surface area contributed by atoms with Gasteiger partial charge in [0.15, 0.2) is 0 Å². The number of carbonyl (C=O) groups is 1. The number of carbonyl (C=O) groups excluding carboxylic acids is 1. The molecule has 0 aromatic heterocycles. The Morgan fingerprint density at radius 2 is 1.86 bits per heavy atom. The predicted octanol–water partition coefficient (Wildman–Crippen LogP) is 4.66. The number of nitrogens with one attached hydrogen (secondary N) is 2. The van der Waals surface area contributed by atoms with Crippen molar-refractivity contribution in [2.45, 2.75) is 32.7 Å². The highest BCUT2D eigenvalue weighted by atomic mass is 16.2. The Kier molecular flexibility index (Phi) is 5.38. The molecule has 0 spiro atoms. The van der Waals surface area contributed by atoms with Gasteiger partial charge in [0, 0.05) is 5.69 Å². The molecule has 3 heteroatoms. The van der Waals surface area contributed by atoms with Gasteiger partial charge in [0.2, 0.25) is 0 Å². The highest BCUT2D eigenvalue weighted by molar-refractivity contribution is 5.89. The lowest BCUT2D eigenvalue weighted by Gasteiger charge is -2.19. The van der Waals surface area contributed by atoms with Gasteiger partial charge in [-0.15, -0.1) is 0 Å². The van der Waals surface area contributed by atoms with Gasteiger partial charge in [-0.3, -0.25) is 0 Å². The maximum Gasteiger partial charge on any atom is 0.319 e. The number of aryl methyl sites for hydroxylation is 1. The van der Waals surface area contributed by atoms with E-state index in [1.807, 2.05) is 61.5 Å². The molecule has 110 valence electrons. The molecule has 1 atom stereocenters. The second kappa shape index (κ2) is 7.48. The van der Waals surface area contributed by atoms with E-state index < -0.39 is 0 Å². The molecule has 0 radical (unpaired) electrons. The molecule has 2 aromatic rings. The SMILES string of the molecule is CCCC(NC(=O)Nc1cccc(C)c1)c1ccccc1. The summed E-state index contributed by atoms with van der Waals surface area (Å²) in [6.45, 7) is 4.13. The van der Waals surface area contributed by atoms with Gasteiger partial charge in [-0.25, -0.2) is 4.79 Å². The number of anilines is 1. The van der Waals surface area contributed by atoms with E-state index in [2.05, 4.69) is 17.6 Å². The molecule has 2 aromatic carbocycles. The van der Waals surface area contributed by atoms with Gasteiger partial charge in [0.25, 0.3) is 0 Å². The zero-order valence-electron chi connectivity index (χ0n) is 12.6. The zero-order valence-corrected chi connectivity index (χ0v) is 12.6. The van der Waals surface area contributed by atoms with Crippen LogP contribution in [0.15, 0.2) is 54.6 Å². The summed E-state index contributed by atoms with van der Waals surface area (Å²) in [5.41, 5.74) is 3.08. The molecule has 0 saturated heterocycles. The lowest BCUT2D eigenvalue weighted by atomic mass is 10.0. The fourth-order valence-electron chi connectivity index (χ4n) is 2.34. The normalized spacial score (nSPS) is 11.7. The van der Waals surface area contributed by atoms with Crippen LogP contribution in [0.1, 0.15) is 36.9 Å². The fourth-order valence-corrected chi connectivity index (χ4v) is 2.34. The lowest BCUT2D eigenvalue weighted by Crippen LogP contribution is -2.32. The smallest absolute Gasteiger partial charge is 0.319 e. The third-order valence-corrected chi connectivity index (χ3v) is 3.36. The van der Waals surface area contributed by atoms with E-state index in [1.165, 1.54) is 0 Å². The van der Waals surface area contributed by atoms with Crippen molar-refractivity contribution in [1.29, 1.82) is 0 Å². The molecule has 0 aliphatic heterocycles. The van der Waals surface area contributed by atoms with Gasteiger partial charge < -0.3 is 10.6 Å². The summed E-state index contributed by atoms with van der Waals surface area (Å²) >= 11 is 0. The number of rotatable bonds is 5. The first-order chi connectivity index (χ1) is 10.2. The maximum atomic E-state index is 12.2. The van der Waals surface area contributed by atoms with E-state index in [0.717, 1.165) is 29.7 Å². The molecule has 3 nitrogen and oxygen atoms in total. The summed E-state index contributed by atoms with van der Waals surface area (Å²) < 4.78 is 0. The topological polar surface area (TPSA) is 41.1 Å². The molecule has 2 amide bonds. The highest BCUT2D eigenvalue weighted by Gasteiger charge is 2.13. The first-order valence-electron chi connectivity index (χ1n) is 7.38. The van der Waals surface area contributed by atoms with Gasteiger partial charge in [0.05, 0.1) is 6.04 Å². The largest absolute Gasteiger partial charge is 0.331 e. The van der Waals surface area contributed by atoms with E-state index in [0.29, 0.717) is 0 Å². The van der Waals surface area contributed by atoms with Gasteiger partial charge in [0.1, 0.15) is 0 Å². The van der Waals surface area contributed by atoms with Crippen molar-refractivity contribution in [1.82, 2.24) is 5.32 Å². The summed E-state index contributed by atoms with van der Waals surface area (Å²) in [6, 6.07) is 17.7. The van der Waals surface area contributed by atoms with E-state index in [1.54, 1.807) is 0 Å². The average molecular weight is 282 g/mol. The minimum atomic E-state index is -0.164. The summed E-state index contributed by atoms with van der Waals surface area (Å²) in [5.74, 6) is 0. The Balaban J connectivity index is 2.02. The van der Waals surface area contributed by atoms with Crippen LogP contribution in [0.5, 0.6) is 0 Å². The van der Waals surface area contributed by atoms with Crippen molar-refractivity contribution in [2.24, 2.45) is 0 Å². The van der Waals surface area contributed by atoms with Crippen LogP contribution in [0.25, 0.3) is 0 Å². The predicted molar refractivity (Wildman–Crippen MR) is 87.4 cm³/mol.